The average Bonchev–Trinajstić information content (AvgIpc) is 3.32. The summed E-state index contributed by atoms with van der Waals surface area (Å²) in [7, 11) is 0. The molecule has 1 fully saturated rings. The van der Waals surface area contributed by atoms with Crippen LogP contribution in [0, 0.1) is 11.8 Å². The number of nitrogens with one attached hydrogen (secondary N) is 3. The lowest BCUT2D eigenvalue weighted by molar-refractivity contribution is 0.203. The summed E-state index contributed by atoms with van der Waals surface area (Å²) in [5.41, 5.74) is 13.7. The number of pyridine rings is 1. The van der Waals surface area contributed by atoms with Crippen molar-refractivity contribution in [1.29, 1.82) is 0 Å². The molecule has 0 radical (unpaired) electrons. The molecule has 0 amide bonds. The number of rotatable bonds is 8. The fraction of sp³-hybridized carbons (Fsp3) is 0.204. The van der Waals surface area contributed by atoms with Gasteiger partial charge in [0.15, 0.2) is 0 Å². The van der Waals surface area contributed by atoms with Gasteiger partial charge in [-0.15, -0.1) is 0 Å². The van der Waals surface area contributed by atoms with Crippen LogP contribution in [0.1, 0.15) is 96.2 Å². The van der Waals surface area contributed by atoms with Gasteiger partial charge >= 0.3 is 0 Å². The van der Waals surface area contributed by atoms with Gasteiger partial charge in [0.2, 0.25) is 0 Å². The topological polar surface area (TPSA) is 49.0 Å². The maximum Gasteiger partial charge on any atom is 0.0864 e. The van der Waals surface area contributed by atoms with E-state index in [0.29, 0.717) is 11.8 Å². The molecule has 0 saturated carbocycles. The zero-order valence-corrected chi connectivity index (χ0v) is 32.9. The van der Waals surface area contributed by atoms with Crippen molar-refractivity contribution in [2.24, 2.45) is 11.8 Å². The van der Waals surface area contributed by atoms with Crippen molar-refractivity contribution < 1.29 is 0 Å². The first-order valence-electron chi connectivity index (χ1n) is 21.2. The highest BCUT2D eigenvalue weighted by Gasteiger charge is 2.31. The van der Waals surface area contributed by atoms with E-state index in [1.54, 1.807) is 0 Å². The minimum Gasteiger partial charge on any atom is -0.279 e. The first kappa shape index (κ1) is 36.4. The Kier molecular flexibility index (Phi) is 10.4. The van der Waals surface area contributed by atoms with Crippen LogP contribution in [0.3, 0.4) is 0 Å². The zero-order chi connectivity index (χ0) is 38.7. The SMILES string of the molecule is C1=CCCC(c2cc(C3=CCC(C4CC=c5ccccc5=C4c4ccc(C5NC(c6ccccc6)NC(c6ccccc6)N5)cc4)C=C3)cc(C3=CCCC=C3)n2)=C1. The van der Waals surface area contributed by atoms with E-state index in [9.17, 15) is 0 Å². The van der Waals surface area contributed by atoms with E-state index in [4.69, 9.17) is 4.98 Å². The number of hydrogen-bond donors (Lipinski definition) is 3. The number of benzene rings is 4. The van der Waals surface area contributed by atoms with Crippen LogP contribution in [0.2, 0.25) is 0 Å². The molecule has 1 aromatic heterocycles. The third-order valence-corrected chi connectivity index (χ3v) is 12.5. The molecule has 0 spiro atoms. The number of nitrogens with zero attached hydrogens (tertiary/aromatic N) is 1. The first-order chi connectivity index (χ1) is 28.7. The fourth-order valence-electron chi connectivity index (χ4n) is 9.40. The molecule has 4 aliphatic carbocycles. The molecule has 3 N–H and O–H groups in total. The molecule has 4 unspecified atom stereocenters. The molecule has 4 atom stereocenters. The molecule has 1 saturated heterocycles. The second kappa shape index (κ2) is 16.5. The molecule has 5 aromatic rings. The average molecular weight is 755 g/mol. The van der Waals surface area contributed by atoms with Gasteiger partial charge in [-0.1, -0.05) is 170 Å². The molecule has 4 heteroatoms. The number of fused-ring (bicyclic) bond motifs is 1. The highest BCUT2D eigenvalue weighted by atomic mass is 15.4. The predicted octanol–water partition coefficient (Wildman–Crippen LogP) is 10.4. The summed E-state index contributed by atoms with van der Waals surface area (Å²) in [6.07, 6.45) is 29.6. The number of aromatic nitrogens is 1. The molecule has 10 rings (SSSR count). The van der Waals surface area contributed by atoms with E-state index in [-0.39, 0.29) is 18.5 Å². The van der Waals surface area contributed by atoms with Crippen LogP contribution in [-0.2, 0) is 0 Å². The Morgan fingerprint density at radius 3 is 1.88 bits per heavy atom. The summed E-state index contributed by atoms with van der Waals surface area (Å²) in [6, 6.07) is 44.3. The van der Waals surface area contributed by atoms with Crippen LogP contribution in [-0.4, -0.2) is 4.98 Å². The van der Waals surface area contributed by atoms with Crippen molar-refractivity contribution >= 4 is 28.4 Å². The Labute approximate surface area is 342 Å². The van der Waals surface area contributed by atoms with Crippen molar-refractivity contribution in [3.63, 3.8) is 0 Å². The Hall–Kier alpha value is -5.91. The van der Waals surface area contributed by atoms with E-state index in [1.807, 2.05) is 0 Å². The lowest BCUT2D eigenvalue weighted by Gasteiger charge is -2.39. The minimum absolute atomic E-state index is 0.000827. The van der Waals surface area contributed by atoms with Gasteiger partial charge < -0.3 is 0 Å². The summed E-state index contributed by atoms with van der Waals surface area (Å²) >= 11 is 0. The summed E-state index contributed by atoms with van der Waals surface area (Å²) in [5, 5.41) is 14.2. The van der Waals surface area contributed by atoms with Crippen molar-refractivity contribution in [2.75, 3.05) is 0 Å². The molecule has 2 heterocycles. The number of hydrogen-bond acceptors (Lipinski definition) is 4. The summed E-state index contributed by atoms with van der Waals surface area (Å²) in [5.74, 6) is 0.764. The van der Waals surface area contributed by atoms with Crippen LogP contribution in [0.25, 0.3) is 28.4 Å². The monoisotopic (exact) mass is 754 g/mol. The van der Waals surface area contributed by atoms with Crippen LogP contribution in [0.5, 0.6) is 0 Å². The van der Waals surface area contributed by atoms with Crippen molar-refractivity contribution in [2.45, 2.75) is 57.0 Å². The molecule has 5 aliphatic rings. The van der Waals surface area contributed by atoms with Gasteiger partial charge in [0.05, 0.1) is 29.9 Å². The van der Waals surface area contributed by atoms with Crippen molar-refractivity contribution in [1.82, 2.24) is 20.9 Å². The predicted molar refractivity (Wildman–Crippen MR) is 240 cm³/mol. The molecule has 0 bridgehead atoms. The van der Waals surface area contributed by atoms with Gasteiger partial charge in [-0.3, -0.25) is 16.0 Å². The first-order valence-corrected chi connectivity index (χ1v) is 21.2. The second-order valence-electron chi connectivity index (χ2n) is 16.1. The van der Waals surface area contributed by atoms with E-state index >= 15 is 0 Å². The highest BCUT2D eigenvalue weighted by Crippen LogP contribution is 2.39. The Bertz CT molecular complexity index is 2560. The molecular formula is C54H50N4. The maximum atomic E-state index is 5.21. The molecule has 58 heavy (non-hydrogen) atoms. The van der Waals surface area contributed by atoms with Crippen LogP contribution >= 0.6 is 0 Å². The van der Waals surface area contributed by atoms with Crippen molar-refractivity contribution in [3.8, 4) is 0 Å². The van der Waals surface area contributed by atoms with Crippen LogP contribution < -0.4 is 26.4 Å². The highest BCUT2D eigenvalue weighted by molar-refractivity contribution is 5.82. The number of allylic oxidation sites excluding steroid dienone is 12. The standard InChI is InChI=1S/C54H50N4/c1-5-16-40(17-6-1)49-35-46(36-50(55-49)41-18-7-2-8-19-41)37-25-27-39(28-26-37)48-34-33-38-15-13-14-24-47(38)51(48)42-29-31-45(32-30-42)54-57-52(43-20-9-3-10-21-43)56-53(58-54)44-22-11-4-12-23-44/h1,3-5,7,9-16,18-27,29-33,35-36,39,48,52-54,56-58H,2,6,8,17,28,34H2. The summed E-state index contributed by atoms with van der Waals surface area (Å²) < 4.78 is 0. The Balaban J connectivity index is 0.942. The van der Waals surface area contributed by atoms with Crippen molar-refractivity contribution in [3.05, 3.63) is 226 Å². The Morgan fingerprint density at radius 1 is 0.534 bits per heavy atom. The van der Waals surface area contributed by atoms with Gasteiger partial charge in [0, 0.05) is 0 Å². The van der Waals surface area contributed by atoms with E-state index < -0.39 is 0 Å². The normalized spacial score (nSPS) is 24.0. The lowest BCUT2D eigenvalue weighted by atomic mass is 9.73. The summed E-state index contributed by atoms with van der Waals surface area (Å²) in [6.45, 7) is 0. The molecule has 286 valence electrons. The van der Waals surface area contributed by atoms with E-state index in [1.165, 1.54) is 60.5 Å². The molecule has 1 aliphatic heterocycles. The lowest BCUT2D eigenvalue weighted by Crippen LogP contribution is -2.54. The van der Waals surface area contributed by atoms with E-state index in [2.05, 4.69) is 198 Å². The zero-order valence-electron chi connectivity index (χ0n) is 32.9. The third-order valence-electron chi connectivity index (χ3n) is 12.5. The van der Waals surface area contributed by atoms with Gasteiger partial charge in [0.25, 0.3) is 0 Å². The third kappa shape index (κ3) is 7.59. The Morgan fingerprint density at radius 2 is 1.22 bits per heavy atom. The smallest absolute Gasteiger partial charge is 0.0864 e. The molecule has 4 nitrogen and oxygen atoms in total. The van der Waals surface area contributed by atoms with Gasteiger partial charge in [-0.25, -0.2) is 4.98 Å². The van der Waals surface area contributed by atoms with Gasteiger partial charge in [-0.05, 0) is 123 Å². The second-order valence-corrected chi connectivity index (χ2v) is 16.1. The quantitative estimate of drug-likeness (QED) is 0.148. The molecular weight excluding hydrogens is 705 g/mol. The van der Waals surface area contributed by atoms with E-state index in [0.717, 1.165) is 49.9 Å². The largest absolute Gasteiger partial charge is 0.279 e. The van der Waals surface area contributed by atoms with Gasteiger partial charge in [0.1, 0.15) is 0 Å². The van der Waals surface area contributed by atoms with Crippen LogP contribution in [0.15, 0.2) is 176 Å². The maximum absolute atomic E-state index is 5.21. The summed E-state index contributed by atoms with van der Waals surface area (Å²) in [4.78, 5) is 5.21. The molecule has 4 aromatic carbocycles. The van der Waals surface area contributed by atoms with Crippen LogP contribution in [0.4, 0.5) is 0 Å². The van der Waals surface area contributed by atoms with Gasteiger partial charge in [-0.2, -0.15) is 0 Å². The fourth-order valence-corrected chi connectivity index (χ4v) is 9.40. The minimum atomic E-state index is -0.0335.